The average molecular weight is 220 g/mol. The number of halogens is 4. The van der Waals surface area contributed by atoms with Gasteiger partial charge in [0.25, 0.3) is 6.36 Å². The minimum Gasteiger partial charge on any atom is -0.396 e. The van der Waals surface area contributed by atoms with Crippen molar-refractivity contribution in [1.82, 2.24) is 0 Å². The minimum atomic E-state index is -4.34. The van der Waals surface area contributed by atoms with Crippen LogP contribution in [0.5, 0.6) is 0 Å². The molecular formula is C6H8F4O4. The Morgan fingerprint density at radius 3 is 2.43 bits per heavy atom. The monoisotopic (exact) mass is 220 g/mol. The maximum Gasteiger partial charge on any atom is 0.492 e. The van der Waals surface area contributed by atoms with E-state index in [-0.39, 0.29) is 13.0 Å². The smallest absolute Gasteiger partial charge is 0.396 e. The SMILES string of the molecule is OCCCOC1(F)OC(F)(F)OC1F. The minimum absolute atomic E-state index is 0.0344. The van der Waals surface area contributed by atoms with Crippen molar-refractivity contribution in [2.45, 2.75) is 25.1 Å². The summed E-state index contributed by atoms with van der Waals surface area (Å²) in [6.07, 6.45) is -7.39. The fourth-order valence-corrected chi connectivity index (χ4v) is 0.794. The van der Waals surface area contributed by atoms with Gasteiger partial charge in [-0.15, -0.1) is 8.78 Å². The molecule has 1 aliphatic heterocycles. The Labute approximate surface area is 76.4 Å². The molecule has 8 heteroatoms. The van der Waals surface area contributed by atoms with E-state index in [0.717, 1.165) is 0 Å². The van der Waals surface area contributed by atoms with E-state index >= 15 is 0 Å². The number of hydrogen-bond acceptors (Lipinski definition) is 4. The summed E-state index contributed by atoms with van der Waals surface area (Å²) in [5.41, 5.74) is 0. The quantitative estimate of drug-likeness (QED) is 0.564. The third-order valence-corrected chi connectivity index (χ3v) is 1.37. The fraction of sp³-hybridized carbons (Fsp3) is 1.00. The van der Waals surface area contributed by atoms with Gasteiger partial charge >= 0.3 is 12.3 Å². The first kappa shape index (κ1) is 11.6. The molecule has 0 spiro atoms. The lowest BCUT2D eigenvalue weighted by molar-refractivity contribution is -0.408. The molecule has 0 aromatic heterocycles. The van der Waals surface area contributed by atoms with Crippen molar-refractivity contribution < 1.29 is 36.9 Å². The molecule has 0 radical (unpaired) electrons. The van der Waals surface area contributed by atoms with Gasteiger partial charge < -0.3 is 9.84 Å². The zero-order valence-corrected chi connectivity index (χ0v) is 6.88. The molecule has 0 amide bonds. The summed E-state index contributed by atoms with van der Waals surface area (Å²) < 4.78 is 60.4. The van der Waals surface area contributed by atoms with Crippen LogP contribution in [0.15, 0.2) is 0 Å². The van der Waals surface area contributed by atoms with Crippen molar-refractivity contribution in [2.75, 3.05) is 13.2 Å². The van der Waals surface area contributed by atoms with Crippen molar-refractivity contribution in [2.24, 2.45) is 0 Å². The zero-order chi connectivity index (χ0) is 10.8. The van der Waals surface area contributed by atoms with E-state index < -0.39 is 25.3 Å². The van der Waals surface area contributed by atoms with Gasteiger partial charge in [0.1, 0.15) is 0 Å². The van der Waals surface area contributed by atoms with Gasteiger partial charge in [0.2, 0.25) is 0 Å². The van der Waals surface area contributed by atoms with Gasteiger partial charge in [0.05, 0.1) is 6.61 Å². The van der Waals surface area contributed by atoms with Crippen molar-refractivity contribution in [3.63, 3.8) is 0 Å². The number of aliphatic hydroxyl groups is 1. The van der Waals surface area contributed by atoms with Gasteiger partial charge in [-0.25, -0.2) is 9.13 Å². The Hall–Kier alpha value is -0.440. The maximum absolute atomic E-state index is 13.0. The van der Waals surface area contributed by atoms with Crippen molar-refractivity contribution in [3.05, 3.63) is 0 Å². The highest BCUT2D eigenvalue weighted by atomic mass is 19.3. The molecular weight excluding hydrogens is 212 g/mol. The molecule has 1 N–H and O–H groups in total. The van der Waals surface area contributed by atoms with Gasteiger partial charge in [0, 0.05) is 6.61 Å². The van der Waals surface area contributed by atoms with Crippen LogP contribution in [0.1, 0.15) is 6.42 Å². The second kappa shape index (κ2) is 3.97. The summed E-state index contributed by atoms with van der Waals surface area (Å²) in [4.78, 5) is 0. The number of alkyl halides is 4. The van der Waals surface area contributed by atoms with Gasteiger partial charge in [-0.05, 0) is 6.42 Å². The van der Waals surface area contributed by atoms with Gasteiger partial charge in [0.15, 0.2) is 0 Å². The molecule has 4 nitrogen and oxygen atoms in total. The van der Waals surface area contributed by atoms with E-state index in [4.69, 9.17) is 5.11 Å². The molecule has 84 valence electrons. The predicted octanol–water partition coefficient (Wildman–Crippen LogP) is 0.901. The van der Waals surface area contributed by atoms with E-state index in [2.05, 4.69) is 14.2 Å². The van der Waals surface area contributed by atoms with Gasteiger partial charge in [-0.3, -0.25) is 4.74 Å². The molecule has 1 fully saturated rings. The molecule has 2 atom stereocenters. The van der Waals surface area contributed by atoms with Crippen LogP contribution in [0, 0.1) is 0 Å². The predicted molar refractivity (Wildman–Crippen MR) is 33.5 cm³/mol. The van der Waals surface area contributed by atoms with Crippen LogP contribution in [-0.2, 0) is 14.2 Å². The van der Waals surface area contributed by atoms with Crippen LogP contribution in [0.2, 0.25) is 0 Å². The molecule has 1 heterocycles. The highest BCUT2D eigenvalue weighted by Gasteiger charge is 2.63. The molecule has 0 bridgehead atoms. The van der Waals surface area contributed by atoms with Crippen molar-refractivity contribution >= 4 is 0 Å². The number of hydrogen-bond donors (Lipinski definition) is 1. The topological polar surface area (TPSA) is 47.9 Å². The number of rotatable bonds is 4. The summed E-state index contributed by atoms with van der Waals surface area (Å²) in [7, 11) is 0. The van der Waals surface area contributed by atoms with E-state index in [1.165, 1.54) is 0 Å². The molecule has 2 unspecified atom stereocenters. The van der Waals surface area contributed by atoms with Crippen molar-refractivity contribution in [3.8, 4) is 0 Å². The van der Waals surface area contributed by atoms with Crippen molar-refractivity contribution in [1.29, 1.82) is 0 Å². The largest absolute Gasteiger partial charge is 0.492 e. The van der Waals surface area contributed by atoms with E-state index in [1.54, 1.807) is 0 Å². The second-order valence-electron chi connectivity index (χ2n) is 2.51. The number of aliphatic hydroxyl groups excluding tert-OH is 1. The third-order valence-electron chi connectivity index (χ3n) is 1.37. The lowest BCUT2D eigenvalue weighted by Gasteiger charge is -2.18. The van der Waals surface area contributed by atoms with Crippen LogP contribution in [0.3, 0.4) is 0 Å². The molecule has 14 heavy (non-hydrogen) atoms. The Bertz CT molecular complexity index is 202. The molecule has 0 saturated carbocycles. The first-order valence-corrected chi connectivity index (χ1v) is 3.73. The maximum atomic E-state index is 13.0. The molecule has 0 aromatic rings. The summed E-state index contributed by atoms with van der Waals surface area (Å²) in [5.74, 6) is 0. The normalized spacial score (nSPS) is 36.2. The summed E-state index contributed by atoms with van der Waals surface area (Å²) in [5, 5.41) is 8.28. The van der Waals surface area contributed by atoms with Crippen LogP contribution >= 0.6 is 0 Å². The molecule has 1 rings (SSSR count). The van der Waals surface area contributed by atoms with Gasteiger partial charge in [-0.1, -0.05) is 0 Å². The van der Waals surface area contributed by atoms with Gasteiger partial charge in [-0.2, -0.15) is 4.39 Å². The van der Waals surface area contributed by atoms with E-state index in [0.29, 0.717) is 0 Å². The van der Waals surface area contributed by atoms with Crippen LogP contribution in [0.25, 0.3) is 0 Å². The fourth-order valence-electron chi connectivity index (χ4n) is 0.794. The number of ether oxygens (including phenoxy) is 3. The Balaban J connectivity index is 2.48. The summed E-state index contributed by atoms with van der Waals surface area (Å²) >= 11 is 0. The third kappa shape index (κ3) is 2.53. The second-order valence-corrected chi connectivity index (χ2v) is 2.51. The Kier molecular flexibility index (Phi) is 3.30. The van der Waals surface area contributed by atoms with Crippen LogP contribution in [-0.4, -0.2) is 37.0 Å². The van der Waals surface area contributed by atoms with Crippen LogP contribution in [0.4, 0.5) is 17.6 Å². The Morgan fingerprint density at radius 2 is 2.00 bits per heavy atom. The molecule has 1 saturated heterocycles. The molecule has 1 aliphatic rings. The molecule has 0 aromatic carbocycles. The average Bonchev–Trinajstić information content (AvgIpc) is 2.21. The zero-order valence-electron chi connectivity index (χ0n) is 6.88. The Morgan fingerprint density at radius 1 is 1.36 bits per heavy atom. The highest BCUT2D eigenvalue weighted by Crippen LogP contribution is 2.41. The lowest BCUT2D eigenvalue weighted by Crippen LogP contribution is -2.36. The lowest BCUT2D eigenvalue weighted by atomic mass is 10.5. The standard InChI is InChI=1S/C6H8F4O4/c7-4-5(8,12-3-1-2-11)14-6(9,10)13-4/h4,11H,1-3H2. The first-order valence-electron chi connectivity index (χ1n) is 3.73. The highest BCUT2D eigenvalue weighted by molar-refractivity contribution is 4.68. The summed E-state index contributed by atoms with van der Waals surface area (Å²) in [6.45, 7) is -0.808. The first-order chi connectivity index (χ1) is 6.40. The van der Waals surface area contributed by atoms with Crippen LogP contribution < -0.4 is 0 Å². The van der Waals surface area contributed by atoms with E-state index in [1.807, 2.05) is 0 Å². The van der Waals surface area contributed by atoms with E-state index in [9.17, 15) is 17.6 Å². The summed E-state index contributed by atoms with van der Waals surface area (Å²) in [6, 6.07) is -3.61. The molecule has 0 aliphatic carbocycles.